The molecule has 0 heterocycles. The summed E-state index contributed by atoms with van der Waals surface area (Å²) in [5.41, 5.74) is 0.563. The zero-order chi connectivity index (χ0) is 9.52. The summed E-state index contributed by atoms with van der Waals surface area (Å²) in [4.78, 5) is 0. The number of nitrogens with one attached hydrogen (secondary N) is 1. The molecule has 0 aromatic heterocycles. The fourth-order valence-corrected chi connectivity index (χ4v) is 1.20. The Labute approximate surface area is 96.1 Å². The van der Waals surface area contributed by atoms with Gasteiger partial charge in [-0.3, -0.25) is 0 Å². The predicted octanol–water partition coefficient (Wildman–Crippen LogP) is 0.840. The van der Waals surface area contributed by atoms with Crippen LogP contribution in [0.1, 0.15) is 6.42 Å². The van der Waals surface area contributed by atoms with Gasteiger partial charge in [0.15, 0.2) is 0 Å². The van der Waals surface area contributed by atoms with Gasteiger partial charge in [-0.05, 0) is 18.6 Å². The molecule has 0 atom stereocenters. The molecule has 0 aromatic carbocycles. The molecule has 1 aliphatic carbocycles. The summed E-state index contributed by atoms with van der Waals surface area (Å²) in [5.74, 6) is 0. The van der Waals surface area contributed by atoms with E-state index in [1.807, 2.05) is 24.3 Å². The Morgan fingerprint density at radius 3 is 2.64 bits per heavy atom. The number of rotatable bonds is 2. The van der Waals surface area contributed by atoms with E-state index in [1.54, 1.807) is 18.2 Å². The van der Waals surface area contributed by atoms with E-state index in [4.69, 9.17) is 0 Å². The van der Waals surface area contributed by atoms with E-state index in [0.29, 0.717) is 5.70 Å². The van der Waals surface area contributed by atoms with E-state index in [1.165, 1.54) is 0 Å². The third kappa shape index (κ3) is 5.81. The van der Waals surface area contributed by atoms with Gasteiger partial charge in [0, 0.05) is 16.6 Å². The first-order valence-corrected chi connectivity index (χ1v) is 4.92. The van der Waals surface area contributed by atoms with Gasteiger partial charge in [0.1, 0.15) is 0 Å². The minimum absolute atomic E-state index is 0. The molecule has 5 heteroatoms. The van der Waals surface area contributed by atoms with Crippen LogP contribution in [0.3, 0.4) is 0 Å². The van der Waals surface area contributed by atoms with Crippen molar-refractivity contribution >= 4 is 28.3 Å². The van der Waals surface area contributed by atoms with Gasteiger partial charge in [-0.2, -0.15) is 0 Å². The summed E-state index contributed by atoms with van der Waals surface area (Å²) in [6.45, 7) is 0. The second-order valence-corrected chi connectivity index (χ2v) is 3.08. The SMILES string of the molecule is O=[S-](=O)N/C1=C/C=C\C=C/CC=C1.[AlH2+]. The molecule has 0 aromatic rings. The van der Waals surface area contributed by atoms with Crippen molar-refractivity contribution in [1.29, 1.82) is 0 Å². The molecule has 1 rings (SSSR count). The second-order valence-electron chi connectivity index (χ2n) is 2.41. The van der Waals surface area contributed by atoms with Crippen LogP contribution >= 0.6 is 0 Å². The van der Waals surface area contributed by atoms with Gasteiger partial charge in [0.2, 0.25) is 0 Å². The van der Waals surface area contributed by atoms with Crippen LogP contribution in [0.25, 0.3) is 0 Å². The van der Waals surface area contributed by atoms with Crippen molar-refractivity contribution in [2.75, 3.05) is 0 Å². The number of hydrogen-bond acceptors (Lipinski definition) is 3. The van der Waals surface area contributed by atoms with Crippen LogP contribution in [0.2, 0.25) is 0 Å². The Morgan fingerprint density at radius 1 is 1.14 bits per heavy atom. The summed E-state index contributed by atoms with van der Waals surface area (Å²) >= 11 is 0. The first kappa shape index (κ1) is 13.2. The Morgan fingerprint density at radius 2 is 1.93 bits per heavy atom. The first-order chi connectivity index (χ1) is 6.29. The van der Waals surface area contributed by atoms with Gasteiger partial charge in [0.25, 0.3) is 0 Å². The third-order valence-corrected chi connectivity index (χ3v) is 1.81. The molecule has 0 bridgehead atoms. The van der Waals surface area contributed by atoms with E-state index in [2.05, 4.69) is 4.72 Å². The third-order valence-electron chi connectivity index (χ3n) is 1.40. The molecule has 1 N–H and O–H groups in total. The predicted molar refractivity (Wildman–Crippen MR) is 60.5 cm³/mol. The molecule has 0 fully saturated rings. The molecule has 74 valence electrons. The summed E-state index contributed by atoms with van der Waals surface area (Å²) in [7, 11) is -2.26. The molecule has 0 saturated heterocycles. The summed E-state index contributed by atoms with van der Waals surface area (Å²) < 4.78 is 22.9. The van der Waals surface area contributed by atoms with Crippen molar-refractivity contribution in [3.8, 4) is 0 Å². The van der Waals surface area contributed by atoms with Gasteiger partial charge in [-0.15, -0.1) is 0 Å². The fraction of sp³-hybridized carbons (Fsp3) is 0.111. The van der Waals surface area contributed by atoms with Crippen LogP contribution in [0.5, 0.6) is 0 Å². The van der Waals surface area contributed by atoms with Crippen LogP contribution in [-0.2, 0) is 19.3 Å². The normalized spacial score (nSPS) is 23.4. The molecule has 0 spiro atoms. The van der Waals surface area contributed by atoms with Crippen molar-refractivity contribution in [2.45, 2.75) is 6.42 Å². The van der Waals surface area contributed by atoms with Crippen LogP contribution in [0, 0.1) is 0 Å². The molecular weight excluding hydrogens is 213 g/mol. The molecule has 3 nitrogen and oxygen atoms in total. The van der Waals surface area contributed by atoms with Crippen LogP contribution in [-0.4, -0.2) is 17.4 Å². The molecule has 0 unspecified atom stereocenters. The molecule has 1 aliphatic rings. The summed E-state index contributed by atoms with van der Waals surface area (Å²) in [6.07, 6.45) is 13.6. The van der Waals surface area contributed by atoms with E-state index in [0.717, 1.165) is 6.42 Å². The molecule has 0 amide bonds. The minimum atomic E-state index is -2.26. The Hall–Kier alpha value is -0.758. The zero-order valence-electron chi connectivity index (χ0n) is 7.97. The van der Waals surface area contributed by atoms with Crippen molar-refractivity contribution in [3.63, 3.8) is 0 Å². The number of allylic oxidation sites excluding steroid dienone is 7. The van der Waals surface area contributed by atoms with Crippen molar-refractivity contribution in [1.82, 2.24) is 4.72 Å². The maximum atomic E-state index is 10.3. The van der Waals surface area contributed by atoms with Gasteiger partial charge in [0.05, 0.1) is 0 Å². The van der Waals surface area contributed by atoms with Gasteiger partial charge >= 0.3 is 17.4 Å². The van der Waals surface area contributed by atoms with Crippen molar-refractivity contribution in [3.05, 3.63) is 48.2 Å². The van der Waals surface area contributed by atoms with E-state index in [9.17, 15) is 8.42 Å². The Bertz CT molecular complexity index is 346. The molecule has 0 radical (unpaired) electrons. The average Bonchev–Trinajstić information content (AvgIpc) is 2.17. The average molecular weight is 225 g/mol. The monoisotopic (exact) mass is 225 g/mol. The summed E-state index contributed by atoms with van der Waals surface area (Å²) in [6, 6.07) is 0. The van der Waals surface area contributed by atoms with Gasteiger partial charge < -0.3 is 13.1 Å². The Balaban J connectivity index is 0.00000169. The fourth-order valence-electron chi connectivity index (χ4n) is 0.874. The van der Waals surface area contributed by atoms with Crippen LogP contribution in [0.15, 0.2) is 48.2 Å². The summed E-state index contributed by atoms with van der Waals surface area (Å²) in [5, 5.41) is 0. The van der Waals surface area contributed by atoms with E-state index < -0.39 is 10.9 Å². The maximum absolute atomic E-state index is 10.3. The van der Waals surface area contributed by atoms with Crippen LogP contribution < -0.4 is 4.72 Å². The molecular formula is C9H12AlNO2S. The zero-order valence-corrected chi connectivity index (χ0v) is 10.8. The molecule has 0 aliphatic heterocycles. The van der Waals surface area contributed by atoms with Gasteiger partial charge in [-0.1, -0.05) is 30.4 Å². The standard InChI is InChI=1S/C9H10NO2S.Al.2H/c11-13(12)10-9-7-5-3-1-2-4-6-8-9;;;/h1-3,5-8H,4H2,(H,10,11,12);;;/q-1;+1;;/b2-1-,5-3-,8-6?,9-7+;;;. The number of hydrogen-bond donors (Lipinski definition) is 1. The van der Waals surface area contributed by atoms with E-state index in [-0.39, 0.29) is 17.4 Å². The first-order valence-electron chi connectivity index (χ1n) is 3.85. The van der Waals surface area contributed by atoms with E-state index >= 15 is 0 Å². The Kier molecular flexibility index (Phi) is 7.22. The molecule has 14 heavy (non-hydrogen) atoms. The topological polar surface area (TPSA) is 46.2 Å². The van der Waals surface area contributed by atoms with Crippen LogP contribution in [0.4, 0.5) is 0 Å². The van der Waals surface area contributed by atoms with Gasteiger partial charge in [-0.25, -0.2) is 0 Å². The van der Waals surface area contributed by atoms with Crippen molar-refractivity contribution in [2.24, 2.45) is 0 Å². The molecule has 0 saturated carbocycles. The second kappa shape index (κ2) is 7.63. The quantitative estimate of drug-likeness (QED) is 0.559. The van der Waals surface area contributed by atoms with Crippen molar-refractivity contribution < 1.29 is 8.42 Å².